The molecule has 142 valence electrons. The minimum absolute atomic E-state index is 0.0392. The highest BCUT2D eigenvalue weighted by atomic mass is 16.2. The van der Waals surface area contributed by atoms with E-state index in [9.17, 15) is 9.59 Å². The molecule has 0 aromatic heterocycles. The highest BCUT2D eigenvalue weighted by molar-refractivity contribution is 5.95. The maximum atomic E-state index is 12.1. The third kappa shape index (κ3) is 5.58. The molecule has 0 radical (unpaired) electrons. The fourth-order valence-electron chi connectivity index (χ4n) is 2.75. The minimum Gasteiger partial charge on any atom is -0.376 e. The van der Waals surface area contributed by atoms with Gasteiger partial charge in [-0.1, -0.05) is 26.0 Å². The van der Waals surface area contributed by atoms with E-state index in [1.807, 2.05) is 24.3 Å². The molecule has 1 aliphatic carbocycles. The molecule has 0 heterocycles. The molecule has 5 nitrogen and oxygen atoms in total. The first-order valence-corrected chi connectivity index (χ1v) is 9.59. The Hall–Kier alpha value is -2.82. The molecule has 2 amide bonds. The minimum atomic E-state index is -0.109. The Bertz CT molecular complexity index is 780. The molecule has 1 atom stereocenters. The average molecular weight is 365 g/mol. The zero-order valence-corrected chi connectivity index (χ0v) is 15.9. The normalized spacial score (nSPS) is 14.3. The highest BCUT2D eigenvalue weighted by Gasteiger charge is 2.23. The molecule has 2 aromatic rings. The van der Waals surface area contributed by atoms with Crippen molar-refractivity contribution < 1.29 is 9.59 Å². The zero-order chi connectivity index (χ0) is 19.2. The zero-order valence-electron chi connectivity index (χ0n) is 15.9. The van der Waals surface area contributed by atoms with Crippen molar-refractivity contribution >= 4 is 23.2 Å². The van der Waals surface area contributed by atoms with Crippen LogP contribution in [-0.2, 0) is 4.79 Å². The van der Waals surface area contributed by atoms with Crippen molar-refractivity contribution in [2.45, 2.75) is 45.1 Å². The van der Waals surface area contributed by atoms with Crippen LogP contribution in [0.2, 0.25) is 0 Å². The molecule has 0 aliphatic heterocycles. The Kier molecular flexibility index (Phi) is 6.12. The average Bonchev–Trinajstić information content (AvgIpc) is 3.50. The maximum absolute atomic E-state index is 12.1. The molecule has 1 unspecified atom stereocenters. The van der Waals surface area contributed by atoms with E-state index < -0.39 is 0 Å². The summed E-state index contributed by atoms with van der Waals surface area (Å²) in [5.41, 5.74) is 3.51. The fraction of sp³-hybridized carbons (Fsp3) is 0.364. The summed E-state index contributed by atoms with van der Waals surface area (Å²) in [5, 5.41) is 8.93. The van der Waals surface area contributed by atoms with E-state index in [0.717, 1.165) is 30.6 Å². The van der Waals surface area contributed by atoms with Crippen LogP contribution in [0.4, 0.5) is 11.4 Å². The molecular weight excluding hydrogens is 338 g/mol. The molecule has 5 heteroatoms. The van der Waals surface area contributed by atoms with Crippen LogP contribution in [0.5, 0.6) is 0 Å². The van der Waals surface area contributed by atoms with Crippen molar-refractivity contribution in [1.29, 1.82) is 0 Å². The Morgan fingerprint density at radius 1 is 1.00 bits per heavy atom. The molecule has 27 heavy (non-hydrogen) atoms. The summed E-state index contributed by atoms with van der Waals surface area (Å²) in [6, 6.07) is 15.5. The van der Waals surface area contributed by atoms with Gasteiger partial charge in [0.25, 0.3) is 5.91 Å². The van der Waals surface area contributed by atoms with Gasteiger partial charge < -0.3 is 16.0 Å². The standard InChI is InChI=1S/C22H27N3O2/c1-3-15(2)16-4-10-19(11-5-16)24-21(26)14-23-18-8-6-17(7-9-18)22(27)25-20-12-13-20/h4-11,15,20,23H,3,12-14H2,1-2H3,(H,24,26)(H,25,27). The van der Waals surface area contributed by atoms with E-state index in [-0.39, 0.29) is 18.4 Å². The van der Waals surface area contributed by atoms with Crippen LogP contribution < -0.4 is 16.0 Å². The van der Waals surface area contributed by atoms with Crippen LogP contribution in [0.15, 0.2) is 48.5 Å². The molecule has 3 N–H and O–H groups in total. The summed E-state index contributed by atoms with van der Waals surface area (Å²) in [6.45, 7) is 4.52. The molecule has 0 saturated heterocycles. The van der Waals surface area contributed by atoms with Crippen LogP contribution in [0, 0.1) is 0 Å². The predicted molar refractivity (Wildman–Crippen MR) is 109 cm³/mol. The van der Waals surface area contributed by atoms with Crippen molar-refractivity contribution in [1.82, 2.24) is 5.32 Å². The maximum Gasteiger partial charge on any atom is 0.251 e. The van der Waals surface area contributed by atoms with E-state index in [1.54, 1.807) is 12.1 Å². The summed E-state index contributed by atoms with van der Waals surface area (Å²) in [7, 11) is 0. The van der Waals surface area contributed by atoms with Crippen LogP contribution >= 0.6 is 0 Å². The number of hydrogen-bond acceptors (Lipinski definition) is 3. The number of anilines is 2. The molecule has 2 aromatic carbocycles. The van der Waals surface area contributed by atoms with E-state index >= 15 is 0 Å². The predicted octanol–water partition coefficient (Wildman–Crippen LogP) is 4.14. The highest BCUT2D eigenvalue weighted by Crippen LogP contribution is 2.21. The van der Waals surface area contributed by atoms with Crippen LogP contribution in [0.3, 0.4) is 0 Å². The number of benzene rings is 2. The first-order valence-electron chi connectivity index (χ1n) is 9.59. The van der Waals surface area contributed by atoms with Crippen LogP contribution in [0.1, 0.15) is 54.9 Å². The first-order chi connectivity index (χ1) is 13.0. The Morgan fingerprint density at radius 2 is 1.63 bits per heavy atom. The molecule has 1 saturated carbocycles. The van der Waals surface area contributed by atoms with E-state index in [1.165, 1.54) is 5.56 Å². The number of carbonyl (C=O) groups excluding carboxylic acids is 2. The summed E-state index contributed by atoms with van der Waals surface area (Å²) in [6.07, 6.45) is 3.23. The Labute approximate surface area is 160 Å². The second-order valence-electron chi connectivity index (χ2n) is 7.16. The topological polar surface area (TPSA) is 70.2 Å². The second kappa shape index (κ2) is 8.71. The first kappa shape index (κ1) is 19.0. The summed E-state index contributed by atoms with van der Waals surface area (Å²) in [4.78, 5) is 24.1. The van der Waals surface area contributed by atoms with Crippen LogP contribution in [0.25, 0.3) is 0 Å². The van der Waals surface area contributed by atoms with Crippen molar-refractivity contribution in [2.24, 2.45) is 0 Å². The van der Waals surface area contributed by atoms with Gasteiger partial charge in [-0.15, -0.1) is 0 Å². The number of carbonyl (C=O) groups is 2. The Morgan fingerprint density at radius 3 is 2.22 bits per heavy atom. The number of amides is 2. The SMILES string of the molecule is CCC(C)c1ccc(NC(=O)CNc2ccc(C(=O)NC3CC3)cc2)cc1. The lowest BCUT2D eigenvalue weighted by molar-refractivity contribution is -0.114. The van der Waals surface area contributed by atoms with Gasteiger partial charge in [0.05, 0.1) is 6.54 Å². The van der Waals surface area contributed by atoms with Gasteiger partial charge in [0.15, 0.2) is 0 Å². The van der Waals surface area contributed by atoms with Crippen molar-refractivity contribution in [3.05, 3.63) is 59.7 Å². The molecule has 0 spiro atoms. The third-order valence-corrected chi connectivity index (χ3v) is 4.89. The molecule has 0 bridgehead atoms. The van der Waals surface area contributed by atoms with Crippen molar-refractivity contribution in [3.8, 4) is 0 Å². The van der Waals surface area contributed by atoms with Gasteiger partial charge in [-0.3, -0.25) is 9.59 Å². The van der Waals surface area contributed by atoms with E-state index in [2.05, 4.69) is 41.9 Å². The lowest BCUT2D eigenvalue weighted by Crippen LogP contribution is -2.25. The van der Waals surface area contributed by atoms with Gasteiger partial charge in [0.1, 0.15) is 0 Å². The molecule has 1 aliphatic rings. The summed E-state index contributed by atoms with van der Waals surface area (Å²) >= 11 is 0. The Balaban J connectivity index is 1.46. The summed E-state index contributed by atoms with van der Waals surface area (Å²) in [5.74, 6) is 0.371. The fourth-order valence-corrected chi connectivity index (χ4v) is 2.75. The van der Waals surface area contributed by atoms with Gasteiger partial charge in [0, 0.05) is 23.0 Å². The monoisotopic (exact) mass is 365 g/mol. The summed E-state index contributed by atoms with van der Waals surface area (Å²) < 4.78 is 0. The van der Waals surface area contributed by atoms with Gasteiger partial charge in [0.2, 0.25) is 5.91 Å². The lowest BCUT2D eigenvalue weighted by Gasteiger charge is -2.11. The molecular formula is C22H27N3O2. The molecule has 1 fully saturated rings. The van der Waals surface area contributed by atoms with Gasteiger partial charge in [-0.25, -0.2) is 0 Å². The van der Waals surface area contributed by atoms with Crippen molar-refractivity contribution in [2.75, 3.05) is 17.2 Å². The van der Waals surface area contributed by atoms with Gasteiger partial charge in [-0.05, 0) is 67.1 Å². The third-order valence-electron chi connectivity index (χ3n) is 4.89. The number of hydrogen-bond donors (Lipinski definition) is 3. The number of rotatable bonds is 8. The van der Waals surface area contributed by atoms with E-state index in [4.69, 9.17) is 0 Å². The smallest absolute Gasteiger partial charge is 0.251 e. The van der Waals surface area contributed by atoms with Gasteiger partial charge in [-0.2, -0.15) is 0 Å². The van der Waals surface area contributed by atoms with Crippen molar-refractivity contribution in [3.63, 3.8) is 0 Å². The quantitative estimate of drug-likeness (QED) is 0.658. The van der Waals surface area contributed by atoms with Gasteiger partial charge >= 0.3 is 0 Å². The van der Waals surface area contributed by atoms with Crippen LogP contribution in [-0.4, -0.2) is 24.4 Å². The molecule has 3 rings (SSSR count). The second-order valence-corrected chi connectivity index (χ2v) is 7.16. The number of nitrogens with one attached hydrogen (secondary N) is 3. The van der Waals surface area contributed by atoms with E-state index in [0.29, 0.717) is 17.5 Å². The largest absolute Gasteiger partial charge is 0.376 e. The lowest BCUT2D eigenvalue weighted by atomic mass is 9.99.